The average Bonchev–Trinajstić information content (AvgIpc) is 3.29. The monoisotopic (exact) mass is 349 g/mol. The lowest BCUT2D eigenvalue weighted by Crippen LogP contribution is -2.42. The zero-order valence-corrected chi connectivity index (χ0v) is 15.0. The number of carbonyl (C=O) groups excluding carboxylic acids is 1. The average molecular weight is 349 g/mol. The second kappa shape index (κ2) is 5.97. The molecule has 1 amide bonds. The van der Waals surface area contributed by atoms with Crippen molar-refractivity contribution in [2.45, 2.75) is 57.7 Å². The molecular formula is C20H23N5O. The summed E-state index contributed by atoms with van der Waals surface area (Å²) in [6.45, 7) is 2.84. The van der Waals surface area contributed by atoms with Crippen LogP contribution in [0.3, 0.4) is 0 Å². The van der Waals surface area contributed by atoms with E-state index in [9.17, 15) is 4.79 Å². The second-order valence-electron chi connectivity index (χ2n) is 7.52. The normalized spacial score (nSPS) is 21.8. The number of rotatable bonds is 3. The molecule has 2 bridgehead atoms. The van der Waals surface area contributed by atoms with Crippen molar-refractivity contribution >= 4 is 16.8 Å². The van der Waals surface area contributed by atoms with Gasteiger partial charge in [0.25, 0.3) is 0 Å². The lowest BCUT2D eigenvalue weighted by molar-refractivity contribution is -0.134. The van der Waals surface area contributed by atoms with Gasteiger partial charge in [-0.2, -0.15) is 0 Å². The molecule has 134 valence electrons. The summed E-state index contributed by atoms with van der Waals surface area (Å²) in [4.78, 5) is 18.5. The van der Waals surface area contributed by atoms with Crippen molar-refractivity contribution in [1.82, 2.24) is 24.6 Å². The summed E-state index contributed by atoms with van der Waals surface area (Å²) in [5.41, 5.74) is 2.36. The molecule has 2 aromatic heterocycles. The molecule has 0 saturated carbocycles. The predicted molar refractivity (Wildman–Crippen MR) is 98.7 cm³/mol. The maximum Gasteiger partial charge on any atom is 0.223 e. The third-order valence-electron chi connectivity index (χ3n) is 6.01. The zero-order chi connectivity index (χ0) is 17.7. The van der Waals surface area contributed by atoms with Crippen LogP contribution in [-0.2, 0) is 24.2 Å². The molecule has 4 heterocycles. The number of fused-ring (bicyclic) bond motifs is 4. The second-order valence-corrected chi connectivity index (χ2v) is 7.52. The number of aromatic nitrogens is 4. The van der Waals surface area contributed by atoms with Gasteiger partial charge in [0, 0.05) is 42.5 Å². The fourth-order valence-corrected chi connectivity index (χ4v) is 4.69. The van der Waals surface area contributed by atoms with Gasteiger partial charge in [-0.25, -0.2) is 0 Å². The summed E-state index contributed by atoms with van der Waals surface area (Å²) in [5.74, 6) is 2.27. The highest BCUT2D eigenvalue weighted by molar-refractivity contribution is 5.84. The first kappa shape index (κ1) is 15.6. The molecule has 2 aliphatic rings. The van der Waals surface area contributed by atoms with E-state index in [2.05, 4.69) is 36.8 Å². The minimum Gasteiger partial charge on any atom is -0.361 e. The molecule has 1 N–H and O–H groups in total. The van der Waals surface area contributed by atoms with E-state index >= 15 is 0 Å². The van der Waals surface area contributed by atoms with Crippen molar-refractivity contribution in [3.63, 3.8) is 0 Å². The molecule has 2 atom stereocenters. The van der Waals surface area contributed by atoms with Crippen LogP contribution in [-0.4, -0.2) is 42.6 Å². The summed E-state index contributed by atoms with van der Waals surface area (Å²) in [6, 6.07) is 8.84. The highest BCUT2D eigenvalue weighted by Crippen LogP contribution is 2.32. The Bertz CT molecular complexity index is 972. The first-order valence-corrected chi connectivity index (χ1v) is 9.45. The molecule has 26 heavy (non-hydrogen) atoms. The van der Waals surface area contributed by atoms with Crippen molar-refractivity contribution in [2.75, 3.05) is 0 Å². The Labute approximate surface area is 152 Å². The topological polar surface area (TPSA) is 66.8 Å². The number of hydrogen-bond donors (Lipinski definition) is 1. The molecule has 6 nitrogen and oxygen atoms in total. The van der Waals surface area contributed by atoms with Crippen molar-refractivity contribution < 1.29 is 4.79 Å². The Hall–Kier alpha value is -2.63. The number of nitrogens with zero attached hydrogens (tertiary/aromatic N) is 4. The predicted octanol–water partition coefficient (Wildman–Crippen LogP) is 2.62. The maximum absolute atomic E-state index is 13.1. The van der Waals surface area contributed by atoms with Crippen LogP contribution >= 0.6 is 0 Å². The van der Waals surface area contributed by atoms with Gasteiger partial charge in [-0.1, -0.05) is 18.2 Å². The largest absolute Gasteiger partial charge is 0.361 e. The number of H-pyrrole nitrogens is 1. The van der Waals surface area contributed by atoms with E-state index in [1.807, 2.05) is 25.3 Å². The molecule has 0 aliphatic carbocycles. The minimum atomic E-state index is 0.277. The van der Waals surface area contributed by atoms with Crippen LogP contribution in [0.5, 0.6) is 0 Å². The number of benzene rings is 1. The molecular weight excluding hydrogens is 326 g/mol. The van der Waals surface area contributed by atoms with Crippen molar-refractivity contribution in [3.05, 3.63) is 47.7 Å². The SMILES string of the molecule is Cc1nnc2n1CC1CCC(C2)N1C(=O)CCc1c[nH]c2ccccc12. The fourth-order valence-electron chi connectivity index (χ4n) is 4.69. The van der Waals surface area contributed by atoms with Gasteiger partial charge < -0.3 is 14.5 Å². The van der Waals surface area contributed by atoms with Gasteiger partial charge in [0.05, 0.1) is 6.04 Å². The van der Waals surface area contributed by atoms with Gasteiger partial charge in [-0.3, -0.25) is 4.79 Å². The summed E-state index contributed by atoms with van der Waals surface area (Å²) < 4.78 is 2.20. The lowest BCUT2D eigenvalue weighted by atomic mass is 10.1. The Kier molecular flexibility index (Phi) is 3.58. The van der Waals surface area contributed by atoms with Crippen molar-refractivity contribution in [1.29, 1.82) is 0 Å². The number of aryl methyl sites for hydroxylation is 2. The molecule has 1 saturated heterocycles. The summed E-state index contributed by atoms with van der Waals surface area (Å²) in [7, 11) is 0. The van der Waals surface area contributed by atoms with E-state index in [4.69, 9.17) is 0 Å². The van der Waals surface area contributed by atoms with Crippen LogP contribution in [0.15, 0.2) is 30.5 Å². The first-order valence-electron chi connectivity index (χ1n) is 9.45. The van der Waals surface area contributed by atoms with E-state index in [1.54, 1.807) is 0 Å². The molecule has 1 aromatic carbocycles. The summed E-state index contributed by atoms with van der Waals surface area (Å²) >= 11 is 0. The molecule has 5 rings (SSSR count). The van der Waals surface area contributed by atoms with Gasteiger partial charge in [0.2, 0.25) is 5.91 Å². The molecule has 0 radical (unpaired) electrons. The van der Waals surface area contributed by atoms with Crippen LogP contribution in [0.4, 0.5) is 0 Å². The minimum absolute atomic E-state index is 0.277. The summed E-state index contributed by atoms with van der Waals surface area (Å²) in [6.07, 6.45) is 6.38. The number of carbonyl (C=O) groups is 1. The van der Waals surface area contributed by atoms with E-state index in [-0.39, 0.29) is 18.0 Å². The Morgan fingerprint density at radius 3 is 3.00 bits per heavy atom. The van der Waals surface area contributed by atoms with E-state index in [1.165, 1.54) is 10.9 Å². The summed E-state index contributed by atoms with van der Waals surface area (Å²) in [5, 5.41) is 9.76. The molecule has 2 aliphatic heterocycles. The Balaban J connectivity index is 1.33. The quantitative estimate of drug-likeness (QED) is 0.790. The van der Waals surface area contributed by atoms with Crippen molar-refractivity contribution in [2.24, 2.45) is 0 Å². The highest BCUT2D eigenvalue weighted by atomic mass is 16.2. The van der Waals surface area contributed by atoms with Gasteiger partial charge >= 0.3 is 0 Å². The number of amides is 1. The smallest absolute Gasteiger partial charge is 0.223 e. The van der Waals surface area contributed by atoms with Gasteiger partial charge in [-0.15, -0.1) is 10.2 Å². The van der Waals surface area contributed by atoms with Crippen LogP contribution in [0.25, 0.3) is 10.9 Å². The van der Waals surface area contributed by atoms with Crippen LogP contribution in [0, 0.1) is 6.92 Å². The number of aromatic amines is 1. The van der Waals surface area contributed by atoms with E-state index in [0.717, 1.165) is 49.4 Å². The third-order valence-corrected chi connectivity index (χ3v) is 6.01. The van der Waals surface area contributed by atoms with Crippen LogP contribution in [0.2, 0.25) is 0 Å². The standard InChI is InChI=1S/C20H23N5O/c1-13-22-23-19-10-15-7-8-16(12-24(13)19)25(15)20(26)9-6-14-11-21-18-5-3-2-4-17(14)18/h2-5,11,15-16,21H,6-10,12H2,1H3. The fraction of sp³-hybridized carbons (Fsp3) is 0.450. The van der Waals surface area contributed by atoms with Crippen LogP contribution in [0.1, 0.15) is 36.5 Å². The number of hydrogen-bond acceptors (Lipinski definition) is 3. The lowest BCUT2D eigenvalue weighted by Gasteiger charge is -2.28. The first-order chi connectivity index (χ1) is 12.7. The maximum atomic E-state index is 13.1. The third kappa shape index (κ3) is 2.43. The van der Waals surface area contributed by atoms with Crippen molar-refractivity contribution in [3.8, 4) is 0 Å². The van der Waals surface area contributed by atoms with Gasteiger partial charge in [0.15, 0.2) is 0 Å². The van der Waals surface area contributed by atoms with Crippen LogP contribution < -0.4 is 0 Å². The number of nitrogens with one attached hydrogen (secondary N) is 1. The van der Waals surface area contributed by atoms with Gasteiger partial charge in [0.1, 0.15) is 11.6 Å². The zero-order valence-electron chi connectivity index (χ0n) is 15.0. The Morgan fingerprint density at radius 1 is 1.23 bits per heavy atom. The Morgan fingerprint density at radius 2 is 2.08 bits per heavy atom. The molecule has 0 spiro atoms. The number of para-hydroxylation sites is 1. The van der Waals surface area contributed by atoms with E-state index in [0.29, 0.717) is 6.42 Å². The molecule has 6 heteroatoms. The molecule has 2 unspecified atom stereocenters. The van der Waals surface area contributed by atoms with Gasteiger partial charge in [-0.05, 0) is 37.8 Å². The highest BCUT2D eigenvalue weighted by Gasteiger charge is 2.40. The molecule has 3 aromatic rings. The van der Waals surface area contributed by atoms with E-state index < -0.39 is 0 Å². The molecule has 1 fully saturated rings.